The summed E-state index contributed by atoms with van der Waals surface area (Å²) in [7, 11) is 0. The Morgan fingerprint density at radius 1 is 1.40 bits per heavy atom. The molecule has 4 nitrogen and oxygen atoms in total. The van der Waals surface area contributed by atoms with Crippen molar-refractivity contribution in [2.75, 3.05) is 6.54 Å². The molecule has 0 fully saturated rings. The van der Waals surface area contributed by atoms with E-state index in [2.05, 4.69) is 18.4 Å². The maximum atomic E-state index is 11.5. The first-order chi connectivity index (χ1) is 9.61. The maximum Gasteiger partial charge on any atom is 0.336 e. The van der Waals surface area contributed by atoms with Crippen LogP contribution < -0.4 is 5.73 Å². The van der Waals surface area contributed by atoms with Gasteiger partial charge in [0.15, 0.2) is 0 Å². The van der Waals surface area contributed by atoms with Gasteiger partial charge in [0.1, 0.15) is 0 Å². The predicted molar refractivity (Wildman–Crippen MR) is 81.3 cm³/mol. The van der Waals surface area contributed by atoms with Crippen LogP contribution in [0.1, 0.15) is 41.4 Å². The number of fused-ring (bicyclic) bond motifs is 1. The Kier molecular flexibility index (Phi) is 4.45. The molecular weight excluding hydrogens is 252 g/mol. The summed E-state index contributed by atoms with van der Waals surface area (Å²) in [5.74, 6) is -0.874. The van der Waals surface area contributed by atoms with Gasteiger partial charge in [-0.3, -0.25) is 0 Å². The standard InChI is InChI=1S/C16H22N2O2/c1-3-4-10-18-11(2)12(8-9-17)15-13(16(19)20)6-5-7-14(15)18/h5-7H,3-4,8-10,17H2,1-2H3,(H,19,20). The zero-order valence-corrected chi connectivity index (χ0v) is 12.1. The highest BCUT2D eigenvalue weighted by molar-refractivity contribution is 6.05. The Morgan fingerprint density at radius 3 is 2.75 bits per heavy atom. The lowest BCUT2D eigenvalue weighted by molar-refractivity contribution is 0.0699. The lowest BCUT2D eigenvalue weighted by Gasteiger charge is -2.07. The van der Waals surface area contributed by atoms with Crippen LogP contribution in [-0.2, 0) is 13.0 Å². The second-order valence-corrected chi connectivity index (χ2v) is 5.11. The van der Waals surface area contributed by atoms with Crippen LogP contribution in [0.25, 0.3) is 10.9 Å². The molecule has 0 saturated heterocycles. The van der Waals surface area contributed by atoms with E-state index in [4.69, 9.17) is 5.73 Å². The summed E-state index contributed by atoms with van der Waals surface area (Å²) in [5, 5.41) is 10.3. The van der Waals surface area contributed by atoms with E-state index in [1.807, 2.05) is 12.1 Å². The van der Waals surface area contributed by atoms with Gasteiger partial charge < -0.3 is 15.4 Å². The molecule has 0 radical (unpaired) electrons. The van der Waals surface area contributed by atoms with Crippen LogP contribution in [0, 0.1) is 6.92 Å². The van der Waals surface area contributed by atoms with E-state index < -0.39 is 5.97 Å². The molecule has 3 N–H and O–H groups in total. The zero-order chi connectivity index (χ0) is 14.7. The van der Waals surface area contributed by atoms with Crippen molar-refractivity contribution in [3.8, 4) is 0 Å². The van der Waals surface area contributed by atoms with E-state index in [0.717, 1.165) is 41.5 Å². The summed E-state index contributed by atoms with van der Waals surface area (Å²) in [6.45, 7) is 5.67. The number of hydrogen-bond acceptors (Lipinski definition) is 2. The number of carboxylic acid groups (broad SMARTS) is 1. The quantitative estimate of drug-likeness (QED) is 0.851. The first-order valence-electron chi connectivity index (χ1n) is 7.15. The van der Waals surface area contributed by atoms with Gasteiger partial charge >= 0.3 is 5.97 Å². The van der Waals surface area contributed by atoms with Crippen LogP contribution in [0.2, 0.25) is 0 Å². The second-order valence-electron chi connectivity index (χ2n) is 5.11. The van der Waals surface area contributed by atoms with Gasteiger partial charge in [-0.2, -0.15) is 0 Å². The van der Waals surface area contributed by atoms with Crippen molar-refractivity contribution in [1.82, 2.24) is 4.57 Å². The van der Waals surface area contributed by atoms with Crippen LogP contribution in [-0.4, -0.2) is 22.2 Å². The van der Waals surface area contributed by atoms with Crippen LogP contribution in [0.5, 0.6) is 0 Å². The molecule has 0 unspecified atom stereocenters. The van der Waals surface area contributed by atoms with E-state index >= 15 is 0 Å². The smallest absolute Gasteiger partial charge is 0.336 e. The number of carbonyl (C=O) groups is 1. The van der Waals surface area contributed by atoms with Gasteiger partial charge in [-0.15, -0.1) is 0 Å². The number of rotatable bonds is 6. The van der Waals surface area contributed by atoms with Gasteiger partial charge in [-0.25, -0.2) is 4.79 Å². The normalized spacial score (nSPS) is 11.2. The molecule has 0 bridgehead atoms. The van der Waals surface area contributed by atoms with Crippen molar-refractivity contribution in [1.29, 1.82) is 0 Å². The summed E-state index contributed by atoms with van der Waals surface area (Å²) < 4.78 is 2.23. The maximum absolute atomic E-state index is 11.5. The topological polar surface area (TPSA) is 68.2 Å². The summed E-state index contributed by atoms with van der Waals surface area (Å²) >= 11 is 0. The monoisotopic (exact) mass is 274 g/mol. The molecule has 0 atom stereocenters. The molecule has 1 heterocycles. The van der Waals surface area contributed by atoms with Crippen molar-refractivity contribution in [2.45, 2.75) is 39.7 Å². The van der Waals surface area contributed by atoms with E-state index in [9.17, 15) is 9.90 Å². The fraction of sp³-hybridized carbons (Fsp3) is 0.438. The molecule has 0 saturated carbocycles. The van der Waals surface area contributed by atoms with Crippen molar-refractivity contribution in [3.63, 3.8) is 0 Å². The molecule has 0 spiro atoms. The third-order valence-corrected chi connectivity index (χ3v) is 3.84. The molecule has 108 valence electrons. The highest BCUT2D eigenvalue weighted by Gasteiger charge is 2.18. The van der Waals surface area contributed by atoms with Crippen molar-refractivity contribution in [3.05, 3.63) is 35.0 Å². The minimum atomic E-state index is -0.874. The minimum absolute atomic E-state index is 0.379. The van der Waals surface area contributed by atoms with Gasteiger partial charge in [0, 0.05) is 23.1 Å². The van der Waals surface area contributed by atoms with Gasteiger partial charge in [0.25, 0.3) is 0 Å². The number of aromatic carboxylic acids is 1. The van der Waals surface area contributed by atoms with E-state index in [1.54, 1.807) is 6.07 Å². The number of nitrogens with zero attached hydrogens (tertiary/aromatic N) is 1. The van der Waals surface area contributed by atoms with E-state index in [-0.39, 0.29) is 0 Å². The lowest BCUT2D eigenvalue weighted by Crippen LogP contribution is -2.06. The highest BCUT2D eigenvalue weighted by Crippen LogP contribution is 2.30. The summed E-state index contributed by atoms with van der Waals surface area (Å²) in [6.07, 6.45) is 2.92. The first-order valence-corrected chi connectivity index (χ1v) is 7.15. The van der Waals surface area contributed by atoms with Crippen LogP contribution in [0.15, 0.2) is 18.2 Å². The number of aryl methyl sites for hydroxylation is 1. The fourth-order valence-corrected chi connectivity index (χ4v) is 2.84. The second kappa shape index (κ2) is 6.09. The van der Waals surface area contributed by atoms with Crippen LogP contribution in [0.4, 0.5) is 0 Å². The van der Waals surface area contributed by atoms with Crippen molar-refractivity contribution in [2.24, 2.45) is 5.73 Å². The molecule has 4 heteroatoms. The van der Waals surface area contributed by atoms with Gasteiger partial charge in [-0.05, 0) is 44.0 Å². The molecule has 1 aromatic carbocycles. The molecule has 1 aromatic heterocycles. The first kappa shape index (κ1) is 14.6. The Balaban J connectivity index is 2.72. The van der Waals surface area contributed by atoms with Crippen molar-refractivity contribution < 1.29 is 9.90 Å². The van der Waals surface area contributed by atoms with Crippen LogP contribution >= 0.6 is 0 Å². The molecule has 0 amide bonds. The zero-order valence-electron chi connectivity index (χ0n) is 12.1. The molecule has 0 aliphatic carbocycles. The predicted octanol–water partition coefficient (Wildman–Crippen LogP) is 2.95. The Hall–Kier alpha value is -1.81. The molecule has 0 aliphatic heterocycles. The lowest BCUT2D eigenvalue weighted by atomic mass is 10.0. The number of benzene rings is 1. The van der Waals surface area contributed by atoms with E-state index in [1.165, 1.54) is 0 Å². The van der Waals surface area contributed by atoms with Gasteiger partial charge in [0.2, 0.25) is 0 Å². The summed E-state index contributed by atoms with van der Waals surface area (Å²) in [6, 6.07) is 5.50. The fourth-order valence-electron chi connectivity index (χ4n) is 2.84. The Bertz CT molecular complexity index is 629. The van der Waals surface area contributed by atoms with E-state index in [0.29, 0.717) is 18.5 Å². The third-order valence-electron chi connectivity index (χ3n) is 3.84. The molecule has 2 aromatic rings. The Morgan fingerprint density at radius 2 is 2.15 bits per heavy atom. The molecule has 0 aliphatic rings. The average molecular weight is 274 g/mol. The number of aromatic nitrogens is 1. The summed E-state index contributed by atoms with van der Waals surface area (Å²) in [5.41, 5.74) is 9.32. The third kappa shape index (κ3) is 2.43. The van der Waals surface area contributed by atoms with Crippen LogP contribution in [0.3, 0.4) is 0 Å². The largest absolute Gasteiger partial charge is 0.478 e. The molecule has 2 rings (SSSR count). The summed E-state index contributed by atoms with van der Waals surface area (Å²) in [4.78, 5) is 11.5. The highest BCUT2D eigenvalue weighted by atomic mass is 16.4. The number of hydrogen-bond donors (Lipinski definition) is 2. The number of carboxylic acids is 1. The van der Waals surface area contributed by atoms with Crippen molar-refractivity contribution >= 4 is 16.9 Å². The average Bonchev–Trinajstić information content (AvgIpc) is 2.70. The van der Waals surface area contributed by atoms with Gasteiger partial charge in [0.05, 0.1) is 5.56 Å². The van der Waals surface area contributed by atoms with Gasteiger partial charge in [-0.1, -0.05) is 19.4 Å². The minimum Gasteiger partial charge on any atom is -0.478 e. The SMILES string of the molecule is CCCCn1c(C)c(CCN)c2c(C(=O)O)cccc21. The Labute approximate surface area is 119 Å². The molecule has 20 heavy (non-hydrogen) atoms. The molecular formula is C16H22N2O2. The number of unbranched alkanes of at least 4 members (excludes halogenated alkanes) is 1. The number of nitrogens with two attached hydrogens (primary N) is 1.